The summed E-state index contributed by atoms with van der Waals surface area (Å²) in [4.78, 5) is 29.9. The van der Waals surface area contributed by atoms with Gasteiger partial charge >= 0.3 is 0 Å². The molecule has 1 fully saturated rings. The second-order valence-corrected chi connectivity index (χ2v) is 7.84. The van der Waals surface area contributed by atoms with Gasteiger partial charge in [-0.25, -0.2) is 4.39 Å². The highest BCUT2D eigenvalue weighted by atomic mass is 19.1. The average Bonchev–Trinajstić information content (AvgIpc) is 2.75. The molecule has 0 radical (unpaired) electrons. The van der Waals surface area contributed by atoms with E-state index in [4.69, 9.17) is 4.74 Å². The van der Waals surface area contributed by atoms with E-state index in [0.717, 1.165) is 11.3 Å². The summed E-state index contributed by atoms with van der Waals surface area (Å²) in [6.07, 6.45) is 0. The molecule has 0 atom stereocenters. The Kier molecular flexibility index (Phi) is 7.63. The summed E-state index contributed by atoms with van der Waals surface area (Å²) >= 11 is 0. The monoisotopic (exact) mass is 427 g/mol. The number of rotatable bonds is 8. The summed E-state index contributed by atoms with van der Waals surface area (Å²) in [6, 6.07) is 12.5. The first-order valence-corrected chi connectivity index (χ1v) is 10.6. The number of likely N-dealkylation sites (N-methyl/N-ethyl adjacent to an activating group) is 1. The molecule has 1 heterocycles. The summed E-state index contributed by atoms with van der Waals surface area (Å²) in [5.74, 6) is 0.355. The summed E-state index contributed by atoms with van der Waals surface area (Å²) < 4.78 is 19.9. The van der Waals surface area contributed by atoms with Gasteiger partial charge in [0.15, 0.2) is 5.78 Å². The third-order valence-corrected chi connectivity index (χ3v) is 5.42. The summed E-state index contributed by atoms with van der Waals surface area (Å²) in [7, 11) is 1.93. The van der Waals surface area contributed by atoms with Crippen molar-refractivity contribution >= 4 is 17.4 Å². The van der Waals surface area contributed by atoms with Gasteiger partial charge in [-0.1, -0.05) is 12.1 Å². The molecule has 1 aliphatic heterocycles. The molecule has 0 aromatic heterocycles. The van der Waals surface area contributed by atoms with Crippen molar-refractivity contribution in [1.29, 1.82) is 0 Å². The Labute approximate surface area is 183 Å². The molecular formula is C24H30FN3O3. The molecule has 31 heavy (non-hydrogen) atoms. The van der Waals surface area contributed by atoms with Gasteiger partial charge in [0.1, 0.15) is 11.6 Å². The van der Waals surface area contributed by atoms with Gasteiger partial charge in [0.25, 0.3) is 0 Å². The molecule has 7 heteroatoms. The molecule has 2 aromatic carbocycles. The first-order chi connectivity index (χ1) is 14.9. The Hall–Kier alpha value is -2.93. The molecule has 1 aliphatic rings. The van der Waals surface area contributed by atoms with Crippen LogP contribution in [0.1, 0.15) is 29.8 Å². The summed E-state index contributed by atoms with van der Waals surface area (Å²) in [6.45, 7) is 7.22. The minimum Gasteiger partial charge on any atom is -0.494 e. The van der Waals surface area contributed by atoms with E-state index in [1.807, 2.05) is 52.9 Å². The van der Waals surface area contributed by atoms with Crippen LogP contribution in [0.5, 0.6) is 5.75 Å². The Balaban J connectivity index is 1.49. The van der Waals surface area contributed by atoms with E-state index in [2.05, 4.69) is 0 Å². The van der Waals surface area contributed by atoms with Crippen LogP contribution < -0.4 is 9.64 Å². The van der Waals surface area contributed by atoms with Gasteiger partial charge in [-0.2, -0.15) is 0 Å². The number of hydrogen-bond donors (Lipinski definition) is 0. The molecular weight excluding hydrogens is 397 g/mol. The van der Waals surface area contributed by atoms with Gasteiger partial charge in [0.2, 0.25) is 5.91 Å². The van der Waals surface area contributed by atoms with E-state index in [9.17, 15) is 14.0 Å². The van der Waals surface area contributed by atoms with Crippen molar-refractivity contribution < 1.29 is 18.7 Å². The topological polar surface area (TPSA) is 53.1 Å². The molecule has 6 nitrogen and oxygen atoms in total. The first-order valence-electron chi connectivity index (χ1n) is 10.6. The second kappa shape index (κ2) is 10.4. The van der Waals surface area contributed by atoms with E-state index in [1.54, 1.807) is 12.1 Å². The fraction of sp³-hybridized carbons (Fsp3) is 0.417. The van der Waals surface area contributed by atoms with Crippen LogP contribution in [0.2, 0.25) is 0 Å². The van der Waals surface area contributed by atoms with Crippen molar-refractivity contribution in [2.24, 2.45) is 0 Å². The maximum atomic E-state index is 14.4. The second-order valence-electron chi connectivity index (χ2n) is 7.84. The van der Waals surface area contributed by atoms with E-state index < -0.39 is 5.82 Å². The van der Waals surface area contributed by atoms with Gasteiger partial charge in [-0.3, -0.25) is 14.5 Å². The van der Waals surface area contributed by atoms with Crippen LogP contribution in [-0.2, 0) is 11.3 Å². The fourth-order valence-corrected chi connectivity index (χ4v) is 3.74. The molecule has 166 valence electrons. The standard InChI is InChI=1S/C24H30FN3O3/c1-4-31-21-8-5-19(6-9-21)16-26(3)17-24(30)28-13-11-27(12-14-28)23-10-7-20(18(2)29)15-22(23)25/h5-10,15H,4,11-14,16-17H2,1-3H3. The highest BCUT2D eigenvalue weighted by Gasteiger charge is 2.23. The molecule has 3 rings (SSSR count). The van der Waals surface area contributed by atoms with Gasteiger partial charge < -0.3 is 14.5 Å². The molecule has 0 unspecified atom stereocenters. The number of ketones is 1. The number of hydrogen-bond acceptors (Lipinski definition) is 5. The molecule has 1 amide bonds. The van der Waals surface area contributed by atoms with Crippen molar-refractivity contribution in [3.63, 3.8) is 0 Å². The van der Waals surface area contributed by atoms with Crippen molar-refractivity contribution in [1.82, 2.24) is 9.80 Å². The number of piperazine rings is 1. The zero-order valence-corrected chi connectivity index (χ0v) is 18.4. The number of Topliss-reactive ketones (excluding diaryl/α,β-unsaturated/α-hetero) is 1. The van der Waals surface area contributed by atoms with E-state index >= 15 is 0 Å². The van der Waals surface area contributed by atoms with E-state index in [0.29, 0.717) is 57.1 Å². The summed E-state index contributed by atoms with van der Waals surface area (Å²) in [5, 5.41) is 0. The summed E-state index contributed by atoms with van der Waals surface area (Å²) in [5.41, 5.74) is 1.96. The van der Waals surface area contributed by atoms with Gasteiger partial charge in [-0.05, 0) is 56.8 Å². The largest absolute Gasteiger partial charge is 0.494 e. The first kappa shape index (κ1) is 22.7. The van der Waals surface area contributed by atoms with Crippen molar-refractivity contribution in [2.75, 3.05) is 51.3 Å². The van der Waals surface area contributed by atoms with Crippen LogP contribution in [0.15, 0.2) is 42.5 Å². The zero-order chi connectivity index (χ0) is 22.4. The third kappa shape index (κ3) is 6.04. The molecule has 0 aliphatic carbocycles. The average molecular weight is 428 g/mol. The lowest BCUT2D eigenvalue weighted by Gasteiger charge is -2.37. The van der Waals surface area contributed by atoms with Gasteiger partial charge in [0.05, 0.1) is 18.8 Å². The number of carbonyl (C=O) groups excluding carboxylic acids is 2. The number of nitrogens with zero attached hydrogens (tertiary/aromatic N) is 3. The number of halogens is 1. The van der Waals surface area contributed by atoms with E-state index in [1.165, 1.54) is 13.0 Å². The SMILES string of the molecule is CCOc1ccc(CN(C)CC(=O)N2CCN(c3ccc(C(C)=O)cc3F)CC2)cc1. The molecule has 0 N–H and O–H groups in total. The Morgan fingerprint density at radius 2 is 1.74 bits per heavy atom. The van der Waals surface area contributed by atoms with Crippen molar-refractivity contribution in [3.8, 4) is 5.75 Å². The smallest absolute Gasteiger partial charge is 0.236 e. The van der Waals surface area contributed by atoms with Crippen molar-refractivity contribution in [3.05, 3.63) is 59.4 Å². The Morgan fingerprint density at radius 1 is 1.06 bits per heavy atom. The highest BCUT2D eigenvalue weighted by Crippen LogP contribution is 2.22. The fourth-order valence-electron chi connectivity index (χ4n) is 3.74. The van der Waals surface area contributed by atoms with Crippen molar-refractivity contribution in [2.45, 2.75) is 20.4 Å². The zero-order valence-electron chi connectivity index (χ0n) is 18.4. The predicted molar refractivity (Wildman–Crippen MR) is 119 cm³/mol. The van der Waals surface area contributed by atoms with Gasteiger partial charge in [-0.15, -0.1) is 0 Å². The minimum absolute atomic E-state index is 0.0699. The number of carbonyl (C=O) groups is 2. The maximum absolute atomic E-state index is 14.4. The lowest BCUT2D eigenvalue weighted by atomic mass is 10.1. The molecule has 0 bridgehead atoms. The lowest BCUT2D eigenvalue weighted by Crippen LogP contribution is -2.51. The number of ether oxygens (including phenoxy) is 1. The molecule has 0 saturated carbocycles. The van der Waals surface area contributed by atoms with E-state index in [-0.39, 0.29) is 11.7 Å². The van der Waals surface area contributed by atoms with Crippen LogP contribution in [-0.4, -0.2) is 67.9 Å². The number of benzene rings is 2. The minimum atomic E-state index is -0.400. The highest BCUT2D eigenvalue weighted by molar-refractivity contribution is 5.94. The maximum Gasteiger partial charge on any atom is 0.236 e. The van der Waals surface area contributed by atoms with Crippen LogP contribution in [0.3, 0.4) is 0 Å². The quantitative estimate of drug-likeness (QED) is 0.606. The lowest BCUT2D eigenvalue weighted by molar-refractivity contribution is -0.132. The predicted octanol–water partition coefficient (Wildman–Crippen LogP) is 3.21. The third-order valence-electron chi connectivity index (χ3n) is 5.42. The van der Waals surface area contributed by atoms with Crippen LogP contribution in [0.4, 0.5) is 10.1 Å². The molecule has 2 aromatic rings. The van der Waals surface area contributed by atoms with Crippen LogP contribution in [0.25, 0.3) is 0 Å². The molecule has 0 spiro atoms. The van der Waals surface area contributed by atoms with Gasteiger partial charge in [0, 0.05) is 38.3 Å². The Bertz CT molecular complexity index is 909. The normalized spacial score (nSPS) is 14.1. The van der Waals surface area contributed by atoms with Crippen LogP contribution >= 0.6 is 0 Å². The Morgan fingerprint density at radius 3 is 2.32 bits per heavy atom. The molecule has 1 saturated heterocycles. The van der Waals surface area contributed by atoms with Crippen LogP contribution in [0, 0.1) is 5.82 Å². The number of anilines is 1. The number of amides is 1.